The van der Waals surface area contributed by atoms with Gasteiger partial charge in [-0.1, -0.05) is 0 Å². The number of carbonyl (C=O) groups excluding carboxylic acids is 2. The third-order valence-corrected chi connectivity index (χ3v) is 6.61. The van der Waals surface area contributed by atoms with Crippen molar-refractivity contribution in [1.82, 2.24) is 15.2 Å². The summed E-state index contributed by atoms with van der Waals surface area (Å²) in [4.78, 5) is 39.4. The maximum atomic E-state index is 12.5. The molecule has 0 radical (unpaired) electrons. The van der Waals surface area contributed by atoms with Crippen molar-refractivity contribution in [3.05, 3.63) is 30.1 Å². The Morgan fingerprint density at radius 3 is 2.62 bits per heavy atom. The van der Waals surface area contributed by atoms with Crippen LogP contribution in [0.5, 0.6) is 0 Å². The van der Waals surface area contributed by atoms with E-state index >= 15 is 0 Å². The number of hydrogen-bond acceptors (Lipinski definition) is 6. The number of pyridine rings is 1. The quantitative estimate of drug-likeness (QED) is 0.636. The smallest absolute Gasteiger partial charge is 0.290 e. The SMILES string of the molecule is O=C(NCc1ccncc1)C1COC2(CCN(C(=O)CCC3CCOC3)CC2)C1.O=CO. The van der Waals surface area contributed by atoms with Crippen molar-refractivity contribution < 1.29 is 29.0 Å². The number of hydrogen-bond donors (Lipinski definition) is 2. The molecule has 4 heterocycles. The molecule has 9 heteroatoms. The van der Waals surface area contributed by atoms with E-state index in [0.717, 1.165) is 64.0 Å². The Morgan fingerprint density at radius 1 is 1.25 bits per heavy atom. The van der Waals surface area contributed by atoms with E-state index in [1.807, 2.05) is 17.0 Å². The molecule has 32 heavy (non-hydrogen) atoms. The van der Waals surface area contributed by atoms with Crippen molar-refractivity contribution in [1.29, 1.82) is 0 Å². The maximum Gasteiger partial charge on any atom is 0.290 e. The number of aromatic nitrogens is 1. The highest BCUT2D eigenvalue weighted by molar-refractivity contribution is 5.79. The van der Waals surface area contributed by atoms with E-state index in [4.69, 9.17) is 19.4 Å². The van der Waals surface area contributed by atoms with Crippen LogP contribution in [0.4, 0.5) is 0 Å². The molecular weight excluding hydrogens is 414 g/mol. The van der Waals surface area contributed by atoms with Gasteiger partial charge in [-0.15, -0.1) is 0 Å². The van der Waals surface area contributed by atoms with Crippen LogP contribution in [-0.2, 0) is 30.4 Å². The molecule has 2 N–H and O–H groups in total. The summed E-state index contributed by atoms with van der Waals surface area (Å²) in [6, 6.07) is 3.80. The van der Waals surface area contributed by atoms with Gasteiger partial charge in [-0.25, -0.2) is 0 Å². The fraction of sp³-hybridized carbons (Fsp3) is 0.652. The van der Waals surface area contributed by atoms with Gasteiger partial charge >= 0.3 is 0 Å². The van der Waals surface area contributed by atoms with Crippen molar-refractivity contribution >= 4 is 18.3 Å². The van der Waals surface area contributed by atoms with Crippen LogP contribution in [0.25, 0.3) is 0 Å². The van der Waals surface area contributed by atoms with Gasteiger partial charge in [0.05, 0.1) is 18.1 Å². The lowest BCUT2D eigenvalue weighted by molar-refractivity contribution is -0.136. The lowest BCUT2D eigenvalue weighted by Crippen LogP contribution is -2.46. The second-order valence-electron chi connectivity index (χ2n) is 8.72. The van der Waals surface area contributed by atoms with Crippen LogP contribution in [0.15, 0.2) is 24.5 Å². The Bertz CT molecular complexity index is 745. The van der Waals surface area contributed by atoms with Crippen molar-refractivity contribution in [3.8, 4) is 0 Å². The molecule has 3 saturated heterocycles. The third-order valence-electron chi connectivity index (χ3n) is 6.61. The number of nitrogens with one attached hydrogen (secondary N) is 1. The molecule has 0 bridgehead atoms. The van der Waals surface area contributed by atoms with Gasteiger partial charge in [0.25, 0.3) is 6.47 Å². The largest absolute Gasteiger partial charge is 0.483 e. The van der Waals surface area contributed by atoms with E-state index in [1.165, 1.54) is 0 Å². The van der Waals surface area contributed by atoms with E-state index < -0.39 is 0 Å². The van der Waals surface area contributed by atoms with Crippen LogP contribution in [0.3, 0.4) is 0 Å². The predicted molar refractivity (Wildman–Crippen MR) is 116 cm³/mol. The standard InChI is InChI=1S/C22H31N3O4.CH2O2/c26-20(2-1-18-5-12-28-15-18)25-10-6-22(7-11-25)13-19(16-29-22)21(27)24-14-17-3-8-23-9-4-17;2-1-3/h3-4,8-9,18-19H,1-2,5-7,10-16H2,(H,24,27);1H,(H,2,3). The molecule has 1 aromatic rings. The molecule has 4 rings (SSSR count). The highest BCUT2D eigenvalue weighted by Crippen LogP contribution is 2.39. The average molecular weight is 448 g/mol. The van der Waals surface area contributed by atoms with Gasteiger partial charge in [0, 0.05) is 51.7 Å². The monoisotopic (exact) mass is 447 g/mol. The van der Waals surface area contributed by atoms with Crippen LogP contribution < -0.4 is 5.32 Å². The number of carbonyl (C=O) groups is 3. The zero-order valence-electron chi connectivity index (χ0n) is 18.4. The Morgan fingerprint density at radius 2 is 1.97 bits per heavy atom. The molecule has 9 nitrogen and oxygen atoms in total. The first kappa shape index (κ1) is 24.1. The molecule has 0 aliphatic carbocycles. The minimum absolute atomic E-state index is 0.0518. The molecule has 3 fully saturated rings. The summed E-state index contributed by atoms with van der Waals surface area (Å²) >= 11 is 0. The zero-order valence-corrected chi connectivity index (χ0v) is 18.4. The molecule has 2 amide bonds. The van der Waals surface area contributed by atoms with Crippen molar-refractivity contribution in [2.45, 2.75) is 50.7 Å². The van der Waals surface area contributed by atoms with Crippen molar-refractivity contribution in [2.24, 2.45) is 11.8 Å². The summed E-state index contributed by atoms with van der Waals surface area (Å²) in [6.07, 6.45) is 8.46. The molecule has 1 aromatic heterocycles. The van der Waals surface area contributed by atoms with E-state index in [-0.39, 0.29) is 29.8 Å². The third kappa shape index (κ3) is 6.74. The molecule has 0 aromatic carbocycles. The number of carboxylic acid groups (broad SMARTS) is 1. The molecule has 2 unspecified atom stereocenters. The van der Waals surface area contributed by atoms with E-state index in [0.29, 0.717) is 25.5 Å². The normalized spacial score (nSPS) is 23.9. The summed E-state index contributed by atoms with van der Waals surface area (Å²) < 4.78 is 11.5. The van der Waals surface area contributed by atoms with E-state index in [1.54, 1.807) is 12.4 Å². The van der Waals surface area contributed by atoms with Crippen LogP contribution >= 0.6 is 0 Å². The van der Waals surface area contributed by atoms with Crippen molar-refractivity contribution in [3.63, 3.8) is 0 Å². The lowest BCUT2D eigenvalue weighted by Gasteiger charge is -2.38. The molecule has 3 aliphatic heterocycles. The number of ether oxygens (including phenoxy) is 2. The maximum absolute atomic E-state index is 12.5. The fourth-order valence-electron chi connectivity index (χ4n) is 4.66. The van der Waals surface area contributed by atoms with Crippen LogP contribution in [0.1, 0.15) is 44.1 Å². The lowest BCUT2D eigenvalue weighted by atomic mass is 9.85. The first-order valence-corrected chi connectivity index (χ1v) is 11.3. The van der Waals surface area contributed by atoms with Crippen molar-refractivity contribution in [2.75, 3.05) is 32.9 Å². The highest BCUT2D eigenvalue weighted by atomic mass is 16.5. The summed E-state index contributed by atoms with van der Waals surface area (Å²) in [6.45, 7) is 3.82. The minimum atomic E-state index is -0.250. The molecule has 3 aliphatic rings. The summed E-state index contributed by atoms with van der Waals surface area (Å²) in [7, 11) is 0. The fourth-order valence-corrected chi connectivity index (χ4v) is 4.66. The summed E-state index contributed by atoms with van der Waals surface area (Å²) in [5.74, 6) is 0.730. The molecular formula is C23H33N3O6. The summed E-state index contributed by atoms with van der Waals surface area (Å²) in [5.41, 5.74) is 0.798. The van der Waals surface area contributed by atoms with Gasteiger partial charge < -0.3 is 24.8 Å². The number of amides is 2. The van der Waals surface area contributed by atoms with Gasteiger partial charge in [0.2, 0.25) is 11.8 Å². The van der Waals surface area contributed by atoms with Gasteiger partial charge in [0.15, 0.2) is 0 Å². The number of likely N-dealkylation sites (tertiary alicyclic amines) is 1. The molecule has 1 spiro atoms. The Labute approximate surface area is 188 Å². The Hall–Kier alpha value is -2.52. The molecule has 176 valence electrons. The Balaban J connectivity index is 0.000000913. The number of nitrogens with zero attached hydrogens (tertiary/aromatic N) is 2. The first-order chi connectivity index (χ1) is 15.5. The average Bonchev–Trinajstić information content (AvgIpc) is 3.48. The molecule has 0 saturated carbocycles. The number of rotatable bonds is 6. The van der Waals surface area contributed by atoms with E-state index in [9.17, 15) is 9.59 Å². The zero-order chi connectivity index (χ0) is 22.8. The second kappa shape index (κ2) is 11.9. The second-order valence-corrected chi connectivity index (χ2v) is 8.72. The summed E-state index contributed by atoms with van der Waals surface area (Å²) in [5, 5.41) is 9.90. The van der Waals surface area contributed by atoms with Gasteiger partial charge in [-0.05, 0) is 55.7 Å². The topological polar surface area (TPSA) is 118 Å². The minimum Gasteiger partial charge on any atom is -0.483 e. The van der Waals surface area contributed by atoms with Gasteiger partial charge in [-0.2, -0.15) is 0 Å². The number of piperidine rings is 1. The van der Waals surface area contributed by atoms with Crippen LogP contribution in [-0.4, -0.2) is 71.8 Å². The van der Waals surface area contributed by atoms with Gasteiger partial charge in [-0.3, -0.25) is 19.4 Å². The predicted octanol–water partition coefficient (Wildman–Crippen LogP) is 1.61. The first-order valence-electron chi connectivity index (χ1n) is 11.3. The van der Waals surface area contributed by atoms with Gasteiger partial charge in [0.1, 0.15) is 0 Å². The Kier molecular flexibility index (Phi) is 8.99. The van der Waals surface area contributed by atoms with E-state index in [2.05, 4.69) is 10.3 Å². The molecule has 2 atom stereocenters. The highest BCUT2D eigenvalue weighted by Gasteiger charge is 2.45. The van der Waals surface area contributed by atoms with Crippen LogP contribution in [0.2, 0.25) is 0 Å². The van der Waals surface area contributed by atoms with Crippen LogP contribution in [0, 0.1) is 11.8 Å².